The molecule has 2 aromatic rings. The van der Waals surface area contributed by atoms with Gasteiger partial charge in [-0.25, -0.2) is 0 Å². The molecule has 1 aromatic carbocycles. The van der Waals surface area contributed by atoms with Crippen LogP contribution in [-0.2, 0) is 0 Å². The number of likely N-dealkylation sites (tertiary alicyclic amines) is 1. The fourth-order valence-electron chi connectivity index (χ4n) is 3.70. The first-order valence-electron chi connectivity index (χ1n) is 9.75. The molecule has 1 atom stereocenters. The van der Waals surface area contributed by atoms with Gasteiger partial charge in [-0.15, -0.1) is 22.4 Å². The third kappa shape index (κ3) is 5.04. The van der Waals surface area contributed by atoms with Crippen molar-refractivity contribution in [3.8, 4) is 0 Å². The summed E-state index contributed by atoms with van der Waals surface area (Å²) in [7, 11) is 1.88. The summed E-state index contributed by atoms with van der Waals surface area (Å²) in [6, 6.07) is 6.14. The smallest absolute Gasteiger partial charge is 0.232 e. The van der Waals surface area contributed by atoms with E-state index < -0.39 is 0 Å². The van der Waals surface area contributed by atoms with Crippen molar-refractivity contribution in [3.63, 3.8) is 0 Å². The molecular formula is C21H27BIN5O. The van der Waals surface area contributed by atoms with Crippen molar-refractivity contribution in [2.75, 3.05) is 36.5 Å². The molecule has 1 saturated heterocycles. The molecule has 1 fully saturated rings. The van der Waals surface area contributed by atoms with Crippen LogP contribution in [0.3, 0.4) is 0 Å². The second kappa shape index (κ2) is 9.52. The van der Waals surface area contributed by atoms with Crippen molar-refractivity contribution in [2.45, 2.75) is 25.8 Å². The number of benzene rings is 1. The molecule has 152 valence electrons. The highest BCUT2D eigenvalue weighted by molar-refractivity contribution is 14.1. The second-order valence-corrected chi connectivity index (χ2v) is 8.15. The molecule has 3 rings (SSSR count). The van der Waals surface area contributed by atoms with Gasteiger partial charge in [0, 0.05) is 55.4 Å². The van der Waals surface area contributed by atoms with E-state index in [0.29, 0.717) is 11.3 Å². The fraction of sp³-hybridized carbons (Fsp3) is 0.333. The Hall–Kier alpha value is -2.23. The van der Waals surface area contributed by atoms with Crippen molar-refractivity contribution < 1.29 is 4.79 Å². The average Bonchev–Trinajstić information content (AvgIpc) is 2.74. The molecule has 0 amide bonds. The van der Waals surface area contributed by atoms with E-state index >= 15 is 0 Å². The Labute approximate surface area is 186 Å². The minimum absolute atomic E-state index is 0.0259. The lowest BCUT2D eigenvalue weighted by Gasteiger charge is -2.37. The zero-order valence-electron chi connectivity index (χ0n) is 17.0. The Kier molecular flexibility index (Phi) is 7.05. The van der Waals surface area contributed by atoms with E-state index in [1.807, 2.05) is 25.4 Å². The second-order valence-electron chi connectivity index (χ2n) is 7.39. The summed E-state index contributed by atoms with van der Waals surface area (Å²) >= 11 is 2.28. The predicted octanol–water partition coefficient (Wildman–Crippen LogP) is 2.87. The minimum Gasteiger partial charge on any atom is -0.397 e. The molecule has 4 N–H and O–H groups in total. The number of nitrogens with one attached hydrogen (secondary N) is 2. The maximum Gasteiger partial charge on any atom is 0.232 e. The van der Waals surface area contributed by atoms with Crippen LogP contribution in [0.4, 0.5) is 17.1 Å². The highest BCUT2D eigenvalue weighted by Crippen LogP contribution is 2.28. The SMILES string of the molecule is C=C(c1cncc(NC)c1)N1CCC[C@@H](Nc2c(N)cc(BI)cc2C(C)=O)C1. The number of rotatable bonds is 7. The van der Waals surface area contributed by atoms with Gasteiger partial charge in [0.25, 0.3) is 0 Å². The number of hydrogen-bond acceptors (Lipinski definition) is 6. The van der Waals surface area contributed by atoms with E-state index in [4.69, 9.17) is 5.73 Å². The number of nitrogens with two attached hydrogens (primary N) is 1. The Morgan fingerprint density at radius 2 is 2.17 bits per heavy atom. The molecule has 0 radical (unpaired) electrons. The van der Waals surface area contributed by atoms with Crippen LogP contribution in [0.2, 0.25) is 0 Å². The van der Waals surface area contributed by atoms with Gasteiger partial charge in [0.2, 0.25) is 5.14 Å². The highest BCUT2D eigenvalue weighted by Gasteiger charge is 2.24. The number of carbonyl (C=O) groups is 1. The number of piperidine rings is 1. The molecule has 1 aliphatic heterocycles. The van der Waals surface area contributed by atoms with Gasteiger partial charge in [0.05, 0.1) is 17.1 Å². The van der Waals surface area contributed by atoms with Crippen LogP contribution < -0.4 is 21.8 Å². The number of hydrogen-bond donors (Lipinski definition) is 3. The van der Waals surface area contributed by atoms with Gasteiger partial charge in [-0.1, -0.05) is 18.1 Å². The van der Waals surface area contributed by atoms with Gasteiger partial charge in [-0.3, -0.25) is 9.78 Å². The van der Waals surface area contributed by atoms with Crippen LogP contribution in [0, 0.1) is 0 Å². The first-order chi connectivity index (χ1) is 13.9. The number of anilines is 3. The number of carbonyl (C=O) groups excluding carboxylic acids is 1. The Bertz CT molecular complexity index is 920. The van der Waals surface area contributed by atoms with Gasteiger partial charge in [0.15, 0.2) is 5.78 Å². The summed E-state index contributed by atoms with van der Waals surface area (Å²) in [5, 5.41) is 7.49. The molecule has 0 spiro atoms. The van der Waals surface area contributed by atoms with E-state index in [9.17, 15) is 4.79 Å². The topological polar surface area (TPSA) is 83.3 Å². The fourth-order valence-corrected chi connectivity index (χ4v) is 4.14. The average molecular weight is 503 g/mol. The first-order valence-corrected chi connectivity index (χ1v) is 11.3. The van der Waals surface area contributed by atoms with E-state index in [1.54, 1.807) is 13.1 Å². The van der Waals surface area contributed by atoms with E-state index in [0.717, 1.165) is 59.2 Å². The molecule has 0 bridgehead atoms. The molecule has 8 heteroatoms. The molecule has 29 heavy (non-hydrogen) atoms. The summed E-state index contributed by atoms with van der Waals surface area (Å²) < 4.78 is 0. The Balaban J connectivity index is 1.78. The number of aromatic nitrogens is 1. The van der Waals surface area contributed by atoms with Crippen molar-refractivity contribution in [3.05, 3.63) is 48.3 Å². The van der Waals surface area contributed by atoms with Crippen LogP contribution in [0.25, 0.3) is 5.70 Å². The minimum atomic E-state index is 0.0259. The maximum absolute atomic E-state index is 12.2. The monoisotopic (exact) mass is 503 g/mol. The van der Waals surface area contributed by atoms with Gasteiger partial charge in [-0.05, 0) is 31.9 Å². The summed E-state index contributed by atoms with van der Waals surface area (Å²) in [5.74, 6) is 0.0259. The van der Waals surface area contributed by atoms with Gasteiger partial charge >= 0.3 is 0 Å². The molecule has 2 heterocycles. The van der Waals surface area contributed by atoms with Crippen molar-refractivity contribution in [1.82, 2.24) is 9.88 Å². The Morgan fingerprint density at radius 3 is 2.86 bits per heavy atom. The van der Waals surface area contributed by atoms with E-state index in [1.165, 1.54) is 0 Å². The predicted molar refractivity (Wildman–Crippen MR) is 133 cm³/mol. The van der Waals surface area contributed by atoms with E-state index in [-0.39, 0.29) is 11.8 Å². The highest BCUT2D eigenvalue weighted by atomic mass is 127. The summed E-state index contributed by atoms with van der Waals surface area (Å²) in [5.41, 5.74) is 12.3. The summed E-state index contributed by atoms with van der Waals surface area (Å²) in [6.07, 6.45) is 5.69. The molecule has 0 saturated carbocycles. The molecule has 1 aromatic heterocycles. The lowest BCUT2D eigenvalue weighted by molar-refractivity contribution is 0.101. The van der Waals surface area contributed by atoms with Crippen LogP contribution in [0.1, 0.15) is 35.7 Å². The van der Waals surface area contributed by atoms with Crippen LogP contribution in [-0.4, -0.2) is 47.0 Å². The standard InChI is InChI=1S/C21H27BIN5O/c1-13(15-7-18(25-3)11-26-10-15)28-6-4-5-17(12-28)27-21-19(14(2)29)8-16(22-23)9-20(21)24/h7-11,17,22,25,27H,1,4-6,12,24H2,2-3H3/t17-/m1/s1. The summed E-state index contributed by atoms with van der Waals surface area (Å²) in [6.45, 7) is 7.64. The van der Waals surface area contributed by atoms with E-state index in [2.05, 4.69) is 55.5 Å². The molecule has 1 aliphatic rings. The lowest BCUT2D eigenvalue weighted by Crippen LogP contribution is -2.41. The number of pyridine rings is 1. The van der Waals surface area contributed by atoms with Gasteiger partial charge in [0.1, 0.15) is 0 Å². The normalized spacial score (nSPS) is 16.2. The number of halogens is 1. The maximum atomic E-state index is 12.2. The lowest BCUT2D eigenvalue weighted by atomic mass is 9.91. The van der Waals surface area contributed by atoms with Gasteiger partial charge in [-0.2, -0.15) is 0 Å². The van der Waals surface area contributed by atoms with Crippen molar-refractivity contribution >= 4 is 61.5 Å². The molecule has 0 unspecified atom stereocenters. The van der Waals surface area contributed by atoms with Crippen LogP contribution >= 0.6 is 22.4 Å². The third-order valence-corrected chi connectivity index (χ3v) is 6.15. The third-order valence-electron chi connectivity index (χ3n) is 5.27. The number of Topliss-reactive ketones (excluding diaryl/α,β-unsaturated/α-hetero) is 1. The van der Waals surface area contributed by atoms with Crippen LogP contribution in [0.5, 0.6) is 0 Å². The molecule has 6 nitrogen and oxygen atoms in total. The molecular weight excluding hydrogens is 476 g/mol. The van der Waals surface area contributed by atoms with Crippen molar-refractivity contribution in [1.29, 1.82) is 0 Å². The van der Waals surface area contributed by atoms with Gasteiger partial charge < -0.3 is 21.3 Å². The summed E-state index contributed by atoms with van der Waals surface area (Å²) in [4.78, 5) is 18.8. The number of nitrogen functional groups attached to an aromatic ring is 1. The number of nitrogens with zero attached hydrogens (tertiary/aromatic N) is 2. The van der Waals surface area contributed by atoms with Crippen LogP contribution in [0.15, 0.2) is 37.2 Å². The zero-order chi connectivity index (χ0) is 21.0. The molecule has 0 aliphatic carbocycles. The zero-order valence-corrected chi connectivity index (χ0v) is 19.1. The Morgan fingerprint density at radius 1 is 1.38 bits per heavy atom. The quantitative estimate of drug-likeness (QED) is 0.234. The van der Waals surface area contributed by atoms with Crippen molar-refractivity contribution in [2.24, 2.45) is 0 Å². The largest absolute Gasteiger partial charge is 0.397 e. The number of ketones is 1. The first kappa shape index (κ1) is 21.5.